The minimum absolute atomic E-state index is 0.108. The molecule has 0 radical (unpaired) electrons. The molecule has 0 aromatic heterocycles. The van der Waals surface area contributed by atoms with Crippen LogP contribution in [0.25, 0.3) is 0 Å². The molecule has 612 valence electrons. The molecule has 0 aliphatic rings. The number of hydrogen-bond donors (Lipinski definition) is 3. The Morgan fingerprint density at radius 3 is 0.660 bits per heavy atom. The molecular weight excluding hydrogens is 1340 g/mol. The Bertz CT molecular complexity index is 1960. The Kier molecular flexibility index (Phi) is 75.4. The molecule has 0 heterocycles. The highest BCUT2D eigenvalue weighted by Crippen LogP contribution is 2.45. The molecule has 0 aromatic rings. The van der Waals surface area contributed by atoms with Crippen LogP contribution in [0, 0.1) is 5.92 Å². The van der Waals surface area contributed by atoms with Crippen LogP contribution in [0.3, 0.4) is 0 Å². The topological polar surface area (TPSA) is 237 Å². The Morgan fingerprint density at radius 2 is 0.447 bits per heavy atom. The lowest BCUT2D eigenvalue weighted by Crippen LogP contribution is -2.30. The summed E-state index contributed by atoms with van der Waals surface area (Å²) in [6, 6.07) is 0. The number of carbonyl (C=O) groups excluding carboxylic acids is 4. The number of aliphatic hydroxyl groups is 1. The highest BCUT2D eigenvalue weighted by molar-refractivity contribution is 7.47. The summed E-state index contributed by atoms with van der Waals surface area (Å²) in [5.74, 6) is -1.32. The van der Waals surface area contributed by atoms with Crippen LogP contribution < -0.4 is 0 Å². The molecule has 5 atom stereocenters. The van der Waals surface area contributed by atoms with Crippen molar-refractivity contribution in [2.45, 2.75) is 470 Å². The minimum atomic E-state index is -4.96. The summed E-state index contributed by atoms with van der Waals surface area (Å²) in [5, 5.41) is 10.7. The van der Waals surface area contributed by atoms with E-state index in [0.29, 0.717) is 25.7 Å². The van der Waals surface area contributed by atoms with E-state index in [4.69, 9.17) is 37.0 Å². The first-order valence-corrected chi connectivity index (χ1v) is 46.6. The van der Waals surface area contributed by atoms with Gasteiger partial charge in [0.25, 0.3) is 0 Å². The van der Waals surface area contributed by atoms with E-state index in [1.54, 1.807) is 0 Å². The van der Waals surface area contributed by atoms with E-state index in [1.165, 1.54) is 276 Å². The predicted octanol–water partition coefficient (Wildman–Crippen LogP) is 25.6. The summed E-state index contributed by atoms with van der Waals surface area (Å²) < 4.78 is 68.8. The molecule has 0 rings (SSSR count). The Hall–Kier alpha value is -1.94. The van der Waals surface area contributed by atoms with E-state index in [0.717, 1.165) is 95.8 Å². The highest BCUT2D eigenvalue weighted by Gasteiger charge is 2.30. The molecule has 19 heteroatoms. The lowest BCUT2D eigenvalue weighted by molar-refractivity contribution is -0.161. The van der Waals surface area contributed by atoms with E-state index in [2.05, 4.69) is 34.6 Å². The number of rotatable bonds is 84. The van der Waals surface area contributed by atoms with Crippen LogP contribution in [-0.2, 0) is 65.4 Å². The Labute approximate surface area is 632 Å². The van der Waals surface area contributed by atoms with Gasteiger partial charge in [0.15, 0.2) is 12.2 Å². The van der Waals surface area contributed by atoms with Gasteiger partial charge >= 0.3 is 39.5 Å². The molecule has 103 heavy (non-hydrogen) atoms. The fraction of sp³-hybridized carbons (Fsp3) is 0.952. The third-order valence-corrected chi connectivity index (χ3v) is 21.7. The van der Waals surface area contributed by atoms with Crippen molar-refractivity contribution >= 4 is 39.5 Å². The fourth-order valence-corrected chi connectivity index (χ4v) is 14.7. The average molecular weight is 1510 g/mol. The summed E-state index contributed by atoms with van der Waals surface area (Å²) in [5.41, 5.74) is 0. The van der Waals surface area contributed by atoms with Crippen LogP contribution in [-0.4, -0.2) is 96.7 Å². The zero-order valence-corrected chi connectivity index (χ0v) is 69.3. The number of esters is 4. The monoisotopic (exact) mass is 1510 g/mol. The summed E-state index contributed by atoms with van der Waals surface area (Å²) in [4.78, 5) is 73.1. The van der Waals surface area contributed by atoms with Crippen LogP contribution in [0.15, 0.2) is 0 Å². The second-order valence-corrected chi connectivity index (χ2v) is 33.6. The average Bonchev–Trinajstić information content (AvgIpc) is 1.04. The largest absolute Gasteiger partial charge is 0.472 e. The van der Waals surface area contributed by atoms with Crippen molar-refractivity contribution in [3.63, 3.8) is 0 Å². The number of phosphoric acid groups is 2. The highest BCUT2D eigenvalue weighted by atomic mass is 31.2. The van der Waals surface area contributed by atoms with Gasteiger partial charge in [-0.3, -0.25) is 37.3 Å². The van der Waals surface area contributed by atoms with Gasteiger partial charge in [-0.1, -0.05) is 401 Å². The second-order valence-electron chi connectivity index (χ2n) is 30.7. The summed E-state index contributed by atoms with van der Waals surface area (Å²) >= 11 is 0. The van der Waals surface area contributed by atoms with Crippen LogP contribution in [0.5, 0.6) is 0 Å². The van der Waals surface area contributed by atoms with E-state index in [1.807, 2.05) is 0 Å². The van der Waals surface area contributed by atoms with Crippen molar-refractivity contribution in [2.24, 2.45) is 5.92 Å². The molecule has 17 nitrogen and oxygen atoms in total. The maximum atomic E-state index is 13.1. The van der Waals surface area contributed by atoms with Gasteiger partial charge in [0.05, 0.1) is 26.4 Å². The zero-order chi connectivity index (χ0) is 75.5. The van der Waals surface area contributed by atoms with Crippen LogP contribution in [0.4, 0.5) is 0 Å². The third-order valence-electron chi connectivity index (χ3n) is 19.8. The normalized spacial score (nSPS) is 13.8. The quantitative estimate of drug-likeness (QED) is 0.0222. The molecule has 0 bridgehead atoms. The van der Waals surface area contributed by atoms with Gasteiger partial charge < -0.3 is 33.8 Å². The predicted molar refractivity (Wildman–Crippen MR) is 423 cm³/mol. The SMILES string of the molecule is CCCCCCCCCCCCCCCCCCCCCC(=O)OC[C@H](COP(=O)(O)OC[C@@H](O)COP(=O)(O)OC[C@@H](COC(=O)CCCCCCCCCCC)OC(=O)CCCCCCCCCCCCCCCC(C)C)OC(=O)CCCCCCCCCCCCCCCCCCCCC. The van der Waals surface area contributed by atoms with E-state index >= 15 is 0 Å². The van der Waals surface area contributed by atoms with Crippen molar-refractivity contribution in [3.8, 4) is 0 Å². The van der Waals surface area contributed by atoms with Crippen molar-refractivity contribution in [1.29, 1.82) is 0 Å². The van der Waals surface area contributed by atoms with Gasteiger partial charge in [-0.2, -0.15) is 0 Å². The minimum Gasteiger partial charge on any atom is -0.462 e. The molecule has 0 aliphatic heterocycles. The number of phosphoric ester groups is 2. The summed E-state index contributed by atoms with van der Waals surface area (Å²) in [6.07, 6.45) is 69.5. The molecule has 0 fully saturated rings. The molecule has 0 amide bonds. The molecule has 0 aromatic carbocycles. The Morgan fingerprint density at radius 1 is 0.262 bits per heavy atom. The van der Waals surface area contributed by atoms with Gasteiger partial charge in [0.1, 0.15) is 19.3 Å². The fourth-order valence-electron chi connectivity index (χ4n) is 13.1. The second kappa shape index (κ2) is 76.8. The van der Waals surface area contributed by atoms with Gasteiger partial charge in [-0.15, -0.1) is 0 Å². The molecule has 0 saturated carbocycles. The number of carbonyl (C=O) groups is 4. The number of ether oxygens (including phenoxy) is 4. The first kappa shape index (κ1) is 101. The van der Waals surface area contributed by atoms with E-state index in [-0.39, 0.29) is 25.7 Å². The van der Waals surface area contributed by atoms with Crippen molar-refractivity contribution in [3.05, 3.63) is 0 Å². The van der Waals surface area contributed by atoms with Crippen LogP contribution >= 0.6 is 15.6 Å². The number of aliphatic hydroxyl groups excluding tert-OH is 1. The molecular formula is C84H164O17P2. The standard InChI is InChI=1S/C84H164O17P2/c1-6-9-12-15-18-21-23-25-27-29-31-33-35-39-43-48-53-58-63-68-82(87)95-74-80(101-83(88)69-64-59-54-49-44-40-36-34-32-30-28-26-24-22-19-16-13-10-7-2)76-99-103(92,93)97-72-78(85)71-96-102(90,91)98-75-79(73-94-81(86)67-62-57-52-46-20-17-14-11-8-3)100-84(89)70-65-60-55-50-45-41-37-38-42-47-51-56-61-66-77(4)5/h77-80,85H,6-76H2,1-5H3,(H,90,91)(H,92,93)/t78-,79+,80+/m0/s1. The molecule has 0 saturated heterocycles. The van der Waals surface area contributed by atoms with Crippen molar-refractivity contribution in [1.82, 2.24) is 0 Å². The lowest BCUT2D eigenvalue weighted by atomic mass is 10.0. The van der Waals surface area contributed by atoms with Gasteiger partial charge in [-0.05, 0) is 31.6 Å². The summed E-state index contributed by atoms with van der Waals surface area (Å²) in [7, 11) is -9.92. The van der Waals surface area contributed by atoms with Crippen LogP contribution in [0.2, 0.25) is 0 Å². The number of unbranched alkanes of at least 4 members (excludes halogenated alkanes) is 56. The molecule has 0 aliphatic carbocycles. The van der Waals surface area contributed by atoms with Gasteiger partial charge in [-0.25, -0.2) is 9.13 Å². The smallest absolute Gasteiger partial charge is 0.462 e. The van der Waals surface area contributed by atoms with Gasteiger partial charge in [0.2, 0.25) is 0 Å². The first-order chi connectivity index (χ1) is 50.0. The van der Waals surface area contributed by atoms with E-state index in [9.17, 15) is 43.2 Å². The maximum Gasteiger partial charge on any atom is 0.472 e. The Balaban J connectivity index is 5.21. The van der Waals surface area contributed by atoms with Crippen molar-refractivity contribution in [2.75, 3.05) is 39.6 Å². The number of hydrogen-bond acceptors (Lipinski definition) is 15. The molecule has 2 unspecified atom stereocenters. The molecule has 0 spiro atoms. The summed E-state index contributed by atoms with van der Waals surface area (Å²) in [6.45, 7) is 7.35. The van der Waals surface area contributed by atoms with Gasteiger partial charge in [0, 0.05) is 25.7 Å². The maximum absolute atomic E-state index is 13.1. The zero-order valence-electron chi connectivity index (χ0n) is 67.5. The third kappa shape index (κ3) is 78.0. The van der Waals surface area contributed by atoms with E-state index < -0.39 is 97.5 Å². The lowest BCUT2D eigenvalue weighted by Gasteiger charge is -2.21. The molecule has 3 N–H and O–H groups in total. The van der Waals surface area contributed by atoms with Crippen molar-refractivity contribution < 1.29 is 80.2 Å². The first-order valence-electron chi connectivity index (χ1n) is 43.6. The van der Waals surface area contributed by atoms with Crippen LogP contribution in [0.1, 0.15) is 452 Å².